The highest BCUT2D eigenvalue weighted by atomic mass is 35.5. The molecule has 4 heteroatoms. The van der Waals surface area contributed by atoms with Crippen molar-refractivity contribution in [1.29, 1.82) is 0 Å². The first kappa shape index (κ1) is 10.1. The van der Waals surface area contributed by atoms with Crippen molar-refractivity contribution in [3.8, 4) is 0 Å². The Balaban J connectivity index is 1.97. The van der Waals surface area contributed by atoms with E-state index in [0.29, 0.717) is 11.1 Å². The van der Waals surface area contributed by atoms with Gasteiger partial charge < -0.3 is 0 Å². The van der Waals surface area contributed by atoms with Crippen LogP contribution in [-0.4, -0.2) is 14.6 Å². The highest BCUT2D eigenvalue weighted by Gasteiger charge is 2.18. The van der Waals surface area contributed by atoms with Gasteiger partial charge in [-0.1, -0.05) is 30.9 Å². The molecule has 0 aliphatic heterocycles. The largest absolute Gasteiger partial charge is 0.232 e. The molecule has 2 heterocycles. The number of nitrogens with zero attached hydrogens (tertiary/aromatic N) is 3. The van der Waals surface area contributed by atoms with E-state index in [1.807, 2.05) is 12.3 Å². The van der Waals surface area contributed by atoms with Crippen LogP contribution in [0.5, 0.6) is 0 Å². The maximum Gasteiger partial charge on any atom is 0.153 e. The van der Waals surface area contributed by atoms with Gasteiger partial charge in [-0.05, 0) is 25.0 Å². The molecule has 1 aliphatic carbocycles. The Morgan fingerprint density at radius 1 is 1.19 bits per heavy atom. The number of hydrogen-bond acceptors (Lipinski definition) is 2. The van der Waals surface area contributed by atoms with Crippen molar-refractivity contribution in [2.24, 2.45) is 0 Å². The van der Waals surface area contributed by atoms with Crippen molar-refractivity contribution in [3.05, 3.63) is 29.2 Å². The average Bonchev–Trinajstić information content (AvgIpc) is 2.73. The molecule has 0 atom stereocenters. The van der Waals surface area contributed by atoms with Crippen molar-refractivity contribution in [3.63, 3.8) is 0 Å². The normalized spacial score (nSPS) is 18.1. The van der Waals surface area contributed by atoms with Gasteiger partial charge >= 0.3 is 0 Å². The zero-order valence-electron chi connectivity index (χ0n) is 9.06. The van der Waals surface area contributed by atoms with Gasteiger partial charge in [0.1, 0.15) is 5.15 Å². The van der Waals surface area contributed by atoms with Crippen molar-refractivity contribution in [1.82, 2.24) is 14.6 Å². The molecule has 1 aliphatic rings. The molecule has 0 N–H and O–H groups in total. The predicted octanol–water partition coefficient (Wildman–Crippen LogP) is 3.43. The van der Waals surface area contributed by atoms with Gasteiger partial charge in [0.25, 0.3) is 0 Å². The van der Waals surface area contributed by atoms with E-state index in [-0.39, 0.29) is 0 Å². The van der Waals surface area contributed by atoms with Gasteiger partial charge in [-0.3, -0.25) is 0 Å². The summed E-state index contributed by atoms with van der Waals surface area (Å²) in [6.45, 7) is 0. The molecule has 0 unspecified atom stereocenters. The summed E-state index contributed by atoms with van der Waals surface area (Å²) in [6, 6.07) is 3.70. The SMILES string of the molecule is Clc1ccc2nc(C3CCCCC3)cn2n1. The zero-order valence-corrected chi connectivity index (χ0v) is 9.82. The summed E-state index contributed by atoms with van der Waals surface area (Å²) in [4.78, 5) is 4.62. The third kappa shape index (κ3) is 1.80. The quantitative estimate of drug-likeness (QED) is 0.758. The summed E-state index contributed by atoms with van der Waals surface area (Å²) in [5, 5.41) is 4.72. The molecule has 2 aromatic heterocycles. The van der Waals surface area contributed by atoms with Crippen LogP contribution in [0.3, 0.4) is 0 Å². The van der Waals surface area contributed by atoms with Crippen molar-refractivity contribution in [2.75, 3.05) is 0 Å². The van der Waals surface area contributed by atoms with Crippen molar-refractivity contribution < 1.29 is 0 Å². The van der Waals surface area contributed by atoms with Crippen LogP contribution in [0, 0.1) is 0 Å². The fraction of sp³-hybridized carbons (Fsp3) is 0.500. The van der Waals surface area contributed by atoms with Crippen LogP contribution in [-0.2, 0) is 0 Å². The second kappa shape index (κ2) is 4.06. The minimum Gasteiger partial charge on any atom is -0.232 e. The predicted molar refractivity (Wildman–Crippen MR) is 63.8 cm³/mol. The molecule has 1 saturated carbocycles. The first-order valence-electron chi connectivity index (χ1n) is 5.85. The first-order valence-corrected chi connectivity index (χ1v) is 6.22. The molecule has 0 saturated heterocycles. The third-order valence-corrected chi connectivity index (χ3v) is 3.53. The van der Waals surface area contributed by atoms with Crippen LogP contribution in [0.15, 0.2) is 18.3 Å². The van der Waals surface area contributed by atoms with E-state index in [1.54, 1.807) is 10.6 Å². The van der Waals surface area contributed by atoms with Crippen LogP contribution >= 0.6 is 11.6 Å². The summed E-state index contributed by atoms with van der Waals surface area (Å²) in [7, 11) is 0. The van der Waals surface area contributed by atoms with Crippen LogP contribution in [0.25, 0.3) is 5.65 Å². The Hall–Kier alpha value is -1.09. The smallest absolute Gasteiger partial charge is 0.153 e. The third-order valence-electron chi connectivity index (χ3n) is 3.33. The monoisotopic (exact) mass is 235 g/mol. The van der Waals surface area contributed by atoms with E-state index in [0.717, 1.165) is 5.65 Å². The Morgan fingerprint density at radius 2 is 2.00 bits per heavy atom. The molecule has 0 radical (unpaired) electrons. The topological polar surface area (TPSA) is 30.2 Å². The van der Waals surface area contributed by atoms with Crippen molar-refractivity contribution in [2.45, 2.75) is 38.0 Å². The van der Waals surface area contributed by atoms with Gasteiger partial charge in [-0.2, -0.15) is 5.10 Å². The summed E-state index contributed by atoms with van der Waals surface area (Å²) in [5.41, 5.74) is 2.07. The van der Waals surface area contributed by atoms with Gasteiger partial charge in [-0.25, -0.2) is 9.50 Å². The summed E-state index contributed by atoms with van der Waals surface area (Å²) < 4.78 is 1.78. The maximum atomic E-state index is 5.85. The molecule has 3 nitrogen and oxygen atoms in total. The zero-order chi connectivity index (χ0) is 11.0. The fourth-order valence-corrected chi connectivity index (χ4v) is 2.62. The lowest BCUT2D eigenvalue weighted by Crippen LogP contribution is -2.04. The molecule has 0 aromatic carbocycles. The minimum atomic E-state index is 0.514. The first-order chi connectivity index (χ1) is 7.83. The van der Waals surface area contributed by atoms with Gasteiger partial charge in [0, 0.05) is 5.92 Å². The van der Waals surface area contributed by atoms with Gasteiger partial charge in [-0.15, -0.1) is 0 Å². The van der Waals surface area contributed by atoms with Crippen molar-refractivity contribution >= 4 is 17.2 Å². The Kier molecular flexibility index (Phi) is 2.56. The molecule has 84 valence electrons. The summed E-state index contributed by atoms with van der Waals surface area (Å²) in [5.74, 6) is 0.620. The molecule has 16 heavy (non-hydrogen) atoms. The van der Waals surface area contributed by atoms with Gasteiger partial charge in [0.2, 0.25) is 0 Å². The lowest BCUT2D eigenvalue weighted by atomic mass is 9.87. The van der Waals surface area contributed by atoms with E-state index in [4.69, 9.17) is 11.6 Å². The number of rotatable bonds is 1. The maximum absolute atomic E-state index is 5.85. The van der Waals surface area contributed by atoms with Crippen LogP contribution < -0.4 is 0 Å². The number of aromatic nitrogens is 3. The Bertz CT molecular complexity index is 500. The second-order valence-electron chi connectivity index (χ2n) is 4.46. The standard InChI is InChI=1S/C12H14ClN3/c13-11-6-7-12-14-10(8-16(12)15-11)9-4-2-1-3-5-9/h6-9H,1-5H2. The van der Waals surface area contributed by atoms with Gasteiger partial charge in [0.15, 0.2) is 5.65 Å². The minimum absolute atomic E-state index is 0.514. The highest BCUT2D eigenvalue weighted by Crippen LogP contribution is 2.31. The van der Waals surface area contributed by atoms with Crippen LogP contribution in [0.4, 0.5) is 0 Å². The molecule has 0 spiro atoms. The van der Waals surface area contributed by atoms with Gasteiger partial charge in [0.05, 0.1) is 11.9 Å². The average molecular weight is 236 g/mol. The molecular weight excluding hydrogens is 222 g/mol. The lowest BCUT2D eigenvalue weighted by molar-refractivity contribution is 0.438. The Morgan fingerprint density at radius 3 is 2.81 bits per heavy atom. The van der Waals surface area contributed by atoms with E-state index in [9.17, 15) is 0 Å². The summed E-state index contributed by atoms with van der Waals surface area (Å²) in [6.07, 6.45) is 8.57. The number of imidazole rings is 1. The second-order valence-corrected chi connectivity index (χ2v) is 4.85. The highest BCUT2D eigenvalue weighted by molar-refractivity contribution is 6.29. The number of hydrogen-bond donors (Lipinski definition) is 0. The van der Waals surface area contributed by atoms with E-state index >= 15 is 0 Å². The lowest BCUT2D eigenvalue weighted by Gasteiger charge is -2.19. The van der Waals surface area contributed by atoms with Crippen LogP contribution in [0.1, 0.15) is 43.7 Å². The molecule has 0 amide bonds. The molecule has 1 fully saturated rings. The van der Waals surface area contributed by atoms with E-state index in [2.05, 4.69) is 10.1 Å². The number of halogens is 1. The molecule has 3 rings (SSSR count). The van der Waals surface area contributed by atoms with E-state index in [1.165, 1.54) is 37.8 Å². The fourth-order valence-electron chi connectivity index (χ4n) is 2.47. The molecule has 2 aromatic rings. The summed E-state index contributed by atoms with van der Waals surface area (Å²) >= 11 is 5.85. The number of fused-ring (bicyclic) bond motifs is 1. The molecule has 0 bridgehead atoms. The molecular formula is C12H14ClN3. The van der Waals surface area contributed by atoms with E-state index < -0.39 is 0 Å². The van der Waals surface area contributed by atoms with Crippen LogP contribution in [0.2, 0.25) is 5.15 Å². The Labute approximate surface area is 99.4 Å².